The van der Waals surface area contributed by atoms with Crippen LogP contribution in [0.2, 0.25) is 5.02 Å². The van der Waals surface area contributed by atoms with Gasteiger partial charge >= 0.3 is 5.97 Å². The van der Waals surface area contributed by atoms with Crippen LogP contribution in [-0.2, 0) is 20.7 Å². The summed E-state index contributed by atoms with van der Waals surface area (Å²) in [4.78, 5) is 27.6. The van der Waals surface area contributed by atoms with Gasteiger partial charge in [-0.3, -0.25) is 4.79 Å². The average Bonchev–Trinajstić information content (AvgIpc) is 3.40. The Morgan fingerprint density at radius 1 is 1.05 bits per heavy atom. The van der Waals surface area contributed by atoms with Crippen LogP contribution in [0.1, 0.15) is 48.3 Å². The zero-order valence-corrected chi connectivity index (χ0v) is 24.2. The van der Waals surface area contributed by atoms with E-state index < -0.39 is 11.9 Å². The summed E-state index contributed by atoms with van der Waals surface area (Å²) in [5.74, 6) is 0.118. The van der Waals surface area contributed by atoms with Gasteiger partial charge in [-0.05, 0) is 60.2 Å². The number of fused-ring (bicyclic) bond motifs is 1. The fourth-order valence-electron chi connectivity index (χ4n) is 5.73. The summed E-state index contributed by atoms with van der Waals surface area (Å²) in [5.41, 5.74) is 5.39. The maximum Gasteiger partial charge on any atom is 0.336 e. The van der Waals surface area contributed by atoms with Gasteiger partial charge < -0.3 is 19.5 Å². The summed E-state index contributed by atoms with van der Waals surface area (Å²) in [6.07, 6.45) is 1.56. The topological polar surface area (TPSA) is 73.9 Å². The predicted octanol–water partition coefficient (Wildman–Crippen LogP) is 6.98. The van der Waals surface area contributed by atoms with Gasteiger partial charge in [-0.15, -0.1) is 0 Å². The van der Waals surface area contributed by atoms with E-state index in [1.165, 1.54) is 0 Å². The summed E-state index contributed by atoms with van der Waals surface area (Å²) in [7, 11) is 0. The van der Waals surface area contributed by atoms with Gasteiger partial charge in [0.05, 0.1) is 12.2 Å². The fraction of sp³-hybridized carbons (Fsp3) is 0.250. The number of ketones is 1. The molecule has 0 saturated carbocycles. The van der Waals surface area contributed by atoms with E-state index in [4.69, 9.17) is 25.8 Å². The van der Waals surface area contributed by atoms with Crippen molar-refractivity contribution in [2.24, 2.45) is 0 Å². The summed E-state index contributed by atoms with van der Waals surface area (Å²) in [6, 6.07) is 21.2. The second-order valence-corrected chi connectivity index (χ2v) is 11.5. The lowest BCUT2D eigenvalue weighted by atomic mass is 9.71. The largest absolute Gasteiger partial charge is 0.462 e. The van der Waals surface area contributed by atoms with Crippen LogP contribution in [0.15, 0.2) is 93.7 Å². The number of esters is 1. The number of hydrogen-bond acceptors (Lipinski definition) is 6. The molecule has 1 N–H and O–H groups in total. The third-order valence-corrected chi connectivity index (χ3v) is 8.60. The SMILES string of the molecule is CC1=C(C(=O)OCCc2ccccc2)[C@H](c2cc3c(cc2Br)OCO3)C2=C(C[C@@H](c3ccc(Cl)cc3)CC2=O)N1. The van der Waals surface area contributed by atoms with E-state index in [0.29, 0.717) is 52.6 Å². The quantitative estimate of drug-likeness (QED) is 0.300. The van der Waals surface area contributed by atoms with Gasteiger partial charge in [0.15, 0.2) is 17.3 Å². The smallest absolute Gasteiger partial charge is 0.336 e. The van der Waals surface area contributed by atoms with Crippen LogP contribution in [0.3, 0.4) is 0 Å². The van der Waals surface area contributed by atoms with Crippen LogP contribution in [-0.4, -0.2) is 25.2 Å². The molecule has 0 unspecified atom stereocenters. The number of carbonyl (C=O) groups is 2. The molecule has 8 heteroatoms. The first-order chi connectivity index (χ1) is 19.4. The highest BCUT2D eigenvalue weighted by Gasteiger charge is 2.42. The van der Waals surface area contributed by atoms with Crippen molar-refractivity contribution in [1.82, 2.24) is 5.32 Å². The van der Waals surface area contributed by atoms with Gasteiger partial charge in [-0.25, -0.2) is 4.79 Å². The second kappa shape index (κ2) is 11.1. The Bertz CT molecular complexity index is 1550. The first-order valence-electron chi connectivity index (χ1n) is 13.2. The van der Waals surface area contributed by atoms with Crippen molar-refractivity contribution in [2.75, 3.05) is 13.4 Å². The molecule has 0 fully saturated rings. The summed E-state index contributed by atoms with van der Waals surface area (Å²) >= 11 is 9.79. The molecule has 2 aliphatic heterocycles. The zero-order chi connectivity index (χ0) is 27.8. The van der Waals surface area contributed by atoms with Crippen LogP contribution in [0.4, 0.5) is 0 Å². The van der Waals surface area contributed by atoms with E-state index in [-0.39, 0.29) is 25.1 Å². The van der Waals surface area contributed by atoms with Gasteiger partial charge in [0.25, 0.3) is 0 Å². The molecule has 204 valence electrons. The minimum absolute atomic E-state index is 0.00374. The number of benzene rings is 3. The highest BCUT2D eigenvalue weighted by molar-refractivity contribution is 9.10. The number of nitrogens with one attached hydrogen (secondary N) is 1. The Hall–Kier alpha value is -3.55. The fourth-order valence-corrected chi connectivity index (χ4v) is 6.41. The van der Waals surface area contributed by atoms with Gasteiger partial charge in [-0.2, -0.15) is 0 Å². The summed E-state index contributed by atoms with van der Waals surface area (Å²) in [5, 5.41) is 4.07. The number of ether oxygens (including phenoxy) is 3. The Kier molecular flexibility index (Phi) is 7.43. The Labute approximate surface area is 246 Å². The van der Waals surface area contributed by atoms with Crippen LogP contribution in [0.25, 0.3) is 0 Å². The number of allylic oxidation sites excluding steroid dienone is 3. The van der Waals surface area contributed by atoms with E-state index in [1.807, 2.05) is 73.7 Å². The number of Topliss-reactive ketones (excluding diaryl/α,β-unsaturated/α-hetero) is 1. The number of carbonyl (C=O) groups excluding carboxylic acids is 2. The molecular formula is C32H27BrClNO5. The van der Waals surface area contributed by atoms with Gasteiger partial charge in [0.1, 0.15) is 0 Å². The lowest BCUT2D eigenvalue weighted by Gasteiger charge is -2.37. The summed E-state index contributed by atoms with van der Waals surface area (Å²) < 4.78 is 17.8. The molecule has 0 aromatic heterocycles. The summed E-state index contributed by atoms with van der Waals surface area (Å²) in [6.45, 7) is 2.21. The van der Waals surface area contributed by atoms with Gasteiger partial charge in [0, 0.05) is 45.2 Å². The molecule has 0 bridgehead atoms. The van der Waals surface area contributed by atoms with Crippen molar-refractivity contribution < 1.29 is 23.8 Å². The molecule has 0 spiro atoms. The molecule has 1 aliphatic carbocycles. The maximum atomic E-state index is 13.9. The normalized spacial score (nSPS) is 19.8. The molecule has 3 aromatic carbocycles. The Morgan fingerprint density at radius 2 is 1.77 bits per heavy atom. The number of rotatable bonds is 6. The molecular weight excluding hydrogens is 594 g/mol. The zero-order valence-electron chi connectivity index (χ0n) is 21.8. The maximum absolute atomic E-state index is 13.9. The van der Waals surface area contributed by atoms with Crippen molar-refractivity contribution in [3.05, 3.63) is 115 Å². The second-order valence-electron chi connectivity index (χ2n) is 10.2. The van der Waals surface area contributed by atoms with E-state index in [9.17, 15) is 9.59 Å². The first-order valence-corrected chi connectivity index (χ1v) is 14.4. The molecule has 2 atom stereocenters. The minimum Gasteiger partial charge on any atom is -0.462 e. The number of halogens is 2. The molecule has 0 saturated heterocycles. The number of hydrogen-bond donors (Lipinski definition) is 1. The monoisotopic (exact) mass is 619 g/mol. The average molecular weight is 621 g/mol. The molecule has 6 rings (SSSR count). The van der Waals surface area contributed by atoms with E-state index >= 15 is 0 Å². The minimum atomic E-state index is -0.622. The number of dihydropyridines is 1. The lowest BCUT2D eigenvalue weighted by molar-refractivity contribution is -0.139. The van der Waals surface area contributed by atoms with E-state index in [1.54, 1.807) is 0 Å². The van der Waals surface area contributed by atoms with Crippen LogP contribution in [0.5, 0.6) is 11.5 Å². The van der Waals surface area contributed by atoms with Gasteiger partial charge in [-0.1, -0.05) is 70.0 Å². The molecule has 0 amide bonds. The third-order valence-electron chi connectivity index (χ3n) is 7.66. The van der Waals surface area contributed by atoms with Crippen LogP contribution >= 0.6 is 27.5 Å². The molecule has 2 heterocycles. The Morgan fingerprint density at radius 3 is 2.52 bits per heavy atom. The molecule has 3 aliphatic rings. The van der Waals surface area contributed by atoms with Crippen LogP contribution in [0, 0.1) is 0 Å². The van der Waals surface area contributed by atoms with E-state index in [2.05, 4.69) is 21.2 Å². The third kappa shape index (κ3) is 5.16. The van der Waals surface area contributed by atoms with Crippen molar-refractivity contribution in [2.45, 2.75) is 38.0 Å². The van der Waals surface area contributed by atoms with Crippen molar-refractivity contribution in [3.63, 3.8) is 0 Å². The molecule has 3 aromatic rings. The van der Waals surface area contributed by atoms with Crippen molar-refractivity contribution in [1.29, 1.82) is 0 Å². The van der Waals surface area contributed by atoms with Gasteiger partial charge in [0.2, 0.25) is 6.79 Å². The Balaban J connectivity index is 1.36. The molecule has 40 heavy (non-hydrogen) atoms. The highest BCUT2D eigenvalue weighted by Crippen LogP contribution is 2.49. The molecule has 0 radical (unpaired) electrons. The predicted molar refractivity (Wildman–Crippen MR) is 155 cm³/mol. The van der Waals surface area contributed by atoms with Crippen LogP contribution < -0.4 is 14.8 Å². The lowest BCUT2D eigenvalue weighted by Crippen LogP contribution is -2.36. The van der Waals surface area contributed by atoms with Crippen molar-refractivity contribution >= 4 is 39.3 Å². The first kappa shape index (κ1) is 26.7. The van der Waals surface area contributed by atoms with E-state index in [0.717, 1.165) is 26.9 Å². The highest BCUT2D eigenvalue weighted by atomic mass is 79.9. The van der Waals surface area contributed by atoms with Crippen molar-refractivity contribution in [3.8, 4) is 11.5 Å². The molecule has 6 nitrogen and oxygen atoms in total. The standard InChI is InChI=1S/C32H27BrClNO5/c1-18-29(32(37)38-12-11-19-5-3-2-4-6-19)30(23-15-27-28(16-24(23)33)40-17-39-27)31-25(35-18)13-21(14-26(31)36)20-7-9-22(34)10-8-20/h2-10,15-16,21,30,35H,11-14,17H2,1H3/t21-,30+/m1/s1.